The summed E-state index contributed by atoms with van der Waals surface area (Å²) >= 11 is 0. The van der Waals surface area contributed by atoms with Gasteiger partial charge in [-0.1, -0.05) is 77.2 Å². The van der Waals surface area contributed by atoms with E-state index >= 15 is 0 Å². The van der Waals surface area contributed by atoms with Crippen LogP contribution in [0.5, 0.6) is 0 Å². The van der Waals surface area contributed by atoms with Crippen LogP contribution in [0, 0.1) is 40.4 Å². The Morgan fingerprint density at radius 2 is 1.69 bits per heavy atom. The smallest absolute Gasteiger partial charge is 0.302 e. The molecule has 0 spiro atoms. The number of hydrogen-bond donors (Lipinski definition) is 0. The number of rotatable bonds is 7. The molecule has 4 rings (SSSR count). The summed E-state index contributed by atoms with van der Waals surface area (Å²) in [5.41, 5.74) is 3.04. The third-order valence-corrected chi connectivity index (χ3v) is 10.4. The molecule has 3 saturated carbocycles. The van der Waals surface area contributed by atoms with Gasteiger partial charge in [0.25, 0.3) is 0 Å². The molecule has 0 heterocycles. The van der Waals surface area contributed by atoms with Gasteiger partial charge in [-0.15, -0.1) is 0 Å². The first-order valence-corrected chi connectivity index (χ1v) is 14.2. The fourth-order valence-electron chi connectivity index (χ4n) is 8.72. The van der Waals surface area contributed by atoms with Crippen LogP contribution in [-0.4, -0.2) is 24.1 Å². The zero-order chi connectivity index (χ0) is 25.5. The van der Waals surface area contributed by atoms with Crippen molar-refractivity contribution in [3.05, 3.63) is 23.3 Å². The molecule has 0 aromatic carbocycles. The molecule has 0 unspecified atom stereocenters. The minimum Gasteiger partial charge on any atom is -0.462 e. The van der Waals surface area contributed by atoms with Gasteiger partial charge >= 0.3 is 11.9 Å². The fourth-order valence-corrected chi connectivity index (χ4v) is 8.72. The maximum absolute atomic E-state index is 12.1. The van der Waals surface area contributed by atoms with E-state index in [4.69, 9.17) is 9.47 Å². The Hall–Kier alpha value is -1.58. The molecule has 196 valence electrons. The Morgan fingerprint density at radius 3 is 2.34 bits per heavy atom. The molecule has 4 nitrogen and oxygen atoms in total. The van der Waals surface area contributed by atoms with E-state index in [1.165, 1.54) is 57.9 Å². The van der Waals surface area contributed by atoms with Gasteiger partial charge in [0.15, 0.2) is 0 Å². The summed E-state index contributed by atoms with van der Waals surface area (Å²) in [6, 6.07) is 0. The van der Waals surface area contributed by atoms with Crippen molar-refractivity contribution in [2.45, 2.75) is 118 Å². The number of hydrogen-bond acceptors (Lipinski definition) is 4. The third-order valence-electron chi connectivity index (χ3n) is 10.4. The second-order valence-electron chi connectivity index (χ2n) is 13.0. The molecule has 0 radical (unpaired) electrons. The molecule has 0 amide bonds. The SMILES string of the molecule is CC(=O)O[C@H]1CC2=CC=C3[C@@H]4CC[C@H]([C@H](C)CCCC(C)C)[C@@]4(C)CC[C@@H]3[C@@]2(C)[C@@H](OC(C)=O)C1. The normalized spacial score (nSPS) is 39.0. The maximum atomic E-state index is 12.1. The summed E-state index contributed by atoms with van der Waals surface area (Å²) in [4.78, 5) is 23.8. The average molecular weight is 485 g/mol. The highest BCUT2D eigenvalue weighted by Gasteiger charge is 2.60. The first-order chi connectivity index (χ1) is 16.5. The minimum absolute atomic E-state index is 0.214. The van der Waals surface area contributed by atoms with Gasteiger partial charge in [0.1, 0.15) is 12.2 Å². The summed E-state index contributed by atoms with van der Waals surface area (Å²) in [5.74, 6) is 2.88. The van der Waals surface area contributed by atoms with Crippen LogP contribution in [0.4, 0.5) is 0 Å². The summed E-state index contributed by atoms with van der Waals surface area (Å²) in [7, 11) is 0. The number of allylic oxidation sites excluding steroid dienone is 3. The van der Waals surface area contributed by atoms with Crippen molar-refractivity contribution in [3.63, 3.8) is 0 Å². The van der Waals surface area contributed by atoms with Crippen LogP contribution in [0.25, 0.3) is 0 Å². The first kappa shape index (κ1) is 26.5. The van der Waals surface area contributed by atoms with Crippen LogP contribution in [0.15, 0.2) is 23.3 Å². The summed E-state index contributed by atoms with van der Waals surface area (Å²) in [6.45, 7) is 15.0. The van der Waals surface area contributed by atoms with Gasteiger partial charge in [-0.2, -0.15) is 0 Å². The van der Waals surface area contributed by atoms with Crippen LogP contribution in [0.1, 0.15) is 106 Å². The summed E-state index contributed by atoms with van der Waals surface area (Å²) in [5, 5.41) is 0. The van der Waals surface area contributed by atoms with Crippen LogP contribution >= 0.6 is 0 Å². The lowest BCUT2D eigenvalue weighted by Crippen LogP contribution is -2.54. The van der Waals surface area contributed by atoms with Crippen molar-refractivity contribution in [2.24, 2.45) is 40.4 Å². The highest BCUT2D eigenvalue weighted by Crippen LogP contribution is 2.66. The lowest BCUT2D eigenvalue weighted by atomic mass is 9.49. The molecule has 4 heteroatoms. The number of esters is 2. The minimum atomic E-state index is -0.263. The van der Waals surface area contributed by atoms with Gasteiger partial charge in [-0.25, -0.2) is 0 Å². The second-order valence-corrected chi connectivity index (χ2v) is 13.0. The van der Waals surface area contributed by atoms with Crippen molar-refractivity contribution in [2.75, 3.05) is 0 Å². The average Bonchev–Trinajstić information content (AvgIpc) is 3.11. The second kappa shape index (κ2) is 10.1. The fraction of sp³-hybridized carbons (Fsp3) is 0.806. The Labute approximate surface area is 213 Å². The predicted molar refractivity (Wildman–Crippen MR) is 140 cm³/mol. The van der Waals surface area contributed by atoms with Crippen LogP contribution < -0.4 is 0 Å². The van der Waals surface area contributed by atoms with Crippen molar-refractivity contribution in [1.82, 2.24) is 0 Å². The molecular weight excluding hydrogens is 436 g/mol. The van der Waals surface area contributed by atoms with Crippen LogP contribution in [-0.2, 0) is 19.1 Å². The highest BCUT2D eigenvalue weighted by molar-refractivity contribution is 5.67. The monoisotopic (exact) mass is 484 g/mol. The molecule has 0 bridgehead atoms. The van der Waals surface area contributed by atoms with Crippen molar-refractivity contribution < 1.29 is 19.1 Å². The molecule has 8 atom stereocenters. The Kier molecular flexibility index (Phi) is 7.61. The van der Waals surface area contributed by atoms with E-state index in [1.54, 1.807) is 5.57 Å². The van der Waals surface area contributed by atoms with Gasteiger partial charge in [0.05, 0.1) is 0 Å². The molecule has 35 heavy (non-hydrogen) atoms. The van der Waals surface area contributed by atoms with E-state index in [0.29, 0.717) is 23.7 Å². The quantitative estimate of drug-likeness (QED) is 0.353. The molecular formula is C31H48O4. The van der Waals surface area contributed by atoms with Gasteiger partial charge in [-0.05, 0) is 60.7 Å². The molecule has 0 aromatic rings. The Morgan fingerprint density at radius 1 is 0.971 bits per heavy atom. The third kappa shape index (κ3) is 4.88. The predicted octanol–water partition coefficient (Wildman–Crippen LogP) is 7.42. The van der Waals surface area contributed by atoms with E-state index in [0.717, 1.165) is 30.6 Å². The molecule has 0 N–H and O–H groups in total. The summed E-state index contributed by atoms with van der Waals surface area (Å²) < 4.78 is 11.6. The van der Waals surface area contributed by atoms with Crippen LogP contribution in [0.2, 0.25) is 0 Å². The topological polar surface area (TPSA) is 52.6 Å². The molecule has 0 aromatic heterocycles. The van der Waals surface area contributed by atoms with Crippen molar-refractivity contribution in [3.8, 4) is 0 Å². The van der Waals surface area contributed by atoms with Gasteiger partial charge in [0, 0.05) is 32.1 Å². The van der Waals surface area contributed by atoms with Gasteiger partial charge < -0.3 is 9.47 Å². The molecule has 4 aliphatic rings. The summed E-state index contributed by atoms with van der Waals surface area (Å²) in [6.07, 6.45) is 14.6. The van der Waals surface area contributed by atoms with Gasteiger partial charge in [-0.3, -0.25) is 9.59 Å². The van der Waals surface area contributed by atoms with E-state index in [1.807, 2.05) is 0 Å². The van der Waals surface area contributed by atoms with E-state index < -0.39 is 0 Å². The number of ether oxygens (including phenoxy) is 2. The van der Waals surface area contributed by atoms with E-state index in [-0.39, 0.29) is 29.6 Å². The highest BCUT2D eigenvalue weighted by atomic mass is 16.6. The zero-order valence-corrected chi connectivity index (χ0v) is 23.2. The van der Waals surface area contributed by atoms with Crippen molar-refractivity contribution >= 4 is 11.9 Å². The Balaban J connectivity index is 1.59. The molecule has 4 aliphatic carbocycles. The number of carbonyl (C=O) groups excluding carboxylic acids is 2. The molecule has 3 fully saturated rings. The molecule has 0 saturated heterocycles. The largest absolute Gasteiger partial charge is 0.462 e. The maximum Gasteiger partial charge on any atom is 0.302 e. The van der Waals surface area contributed by atoms with E-state index in [2.05, 4.69) is 46.8 Å². The number of carbonyl (C=O) groups is 2. The standard InChI is InChI=1S/C31H48O4/c1-19(2)9-8-10-20(3)26-13-14-27-25-12-11-23-17-24(34-21(4)32)18-29(35-22(5)33)31(23,7)28(25)15-16-30(26,27)6/h11-12,19-20,24,26-29H,8-10,13-18H2,1-7H3/t20-,24+,26-,27+,28+,29+,30-,31+/m1/s1. The lowest BCUT2D eigenvalue weighted by Gasteiger charge is -2.57. The Bertz CT molecular complexity index is 884. The first-order valence-electron chi connectivity index (χ1n) is 14.2. The van der Waals surface area contributed by atoms with Gasteiger partial charge in [0.2, 0.25) is 0 Å². The lowest BCUT2D eigenvalue weighted by molar-refractivity contribution is -0.165. The van der Waals surface area contributed by atoms with Crippen LogP contribution in [0.3, 0.4) is 0 Å². The van der Waals surface area contributed by atoms with E-state index in [9.17, 15) is 9.59 Å². The van der Waals surface area contributed by atoms with Crippen molar-refractivity contribution in [1.29, 1.82) is 0 Å². The molecule has 0 aliphatic heterocycles. The number of fused-ring (bicyclic) bond motifs is 5. The zero-order valence-electron chi connectivity index (χ0n) is 23.2.